The summed E-state index contributed by atoms with van der Waals surface area (Å²) in [6, 6.07) is 4.12. The molecule has 0 aromatic carbocycles. The summed E-state index contributed by atoms with van der Waals surface area (Å²) >= 11 is 0. The van der Waals surface area contributed by atoms with E-state index in [4.69, 9.17) is 4.42 Å². The molecular formula is C14H21N3O. The van der Waals surface area contributed by atoms with Gasteiger partial charge in [-0.05, 0) is 38.9 Å². The van der Waals surface area contributed by atoms with Gasteiger partial charge in [-0.25, -0.2) is 0 Å². The number of aryl methyl sites for hydroxylation is 2. The number of hydrogen-bond acceptors (Lipinski definition) is 3. The zero-order valence-corrected chi connectivity index (χ0v) is 11.4. The van der Waals surface area contributed by atoms with Crippen LogP contribution in [0, 0.1) is 13.8 Å². The fraction of sp³-hybridized carbons (Fsp3) is 0.500. The maximum absolute atomic E-state index is 5.77. The molecular weight excluding hydrogens is 226 g/mol. The predicted octanol–water partition coefficient (Wildman–Crippen LogP) is 2.64. The van der Waals surface area contributed by atoms with Crippen LogP contribution in [0.3, 0.4) is 0 Å². The molecule has 4 heteroatoms. The molecule has 1 N–H and O–H groups in total. The minimum atomic E-state index is 0.702. The van der Waals surface area contributed by atoms with Crippen LogP contribution in [0.1, 0.15) is 36.1 Å². The van der Waals surface area contributed by atoms with Gasteiger partial charge in [0.05, 0.1) is 6.54 Å². The second-order valence-corrected chi connectivity index (χ2v) is 4.60. The summed E-state index contributed by atoms with van der Waals surface area (Å²) in [6.07, 6.45) is 2.96. The molecule has 0 unspecified atom stereocenters. The van der Waals surface area contributed by atoms with Crippen LogP contribution in [-0.4, -0.2) is 16.3 Å². The molecule has 0 saturated carbocycles. The average Bonchev–Trinajstić information content (AvgIpc) is 2.88. The first kappa shape index (κ1) is 12.9. The summed E-state index contributed by atoms with van der Waals surface area (Å²) < 4.78 is 7.72. The zero-order valence-electron chi connectivity index (χ0n) is 11.4. The van der Waals surface area contributed by atoms with Crippen LogP contribution in [-0.2, 0) is 13.1 Å². The molecule has 2 aromatic heterocycles. The van der Waals surface area contributed by atoms with Crippen LogP contribution in [0.4, 0.5) is 0 Å². The van der Waals surface area contributed by atoms with Gasteiger partial charge in [-0.3, -0.25) is 4.68 Å². The molecule has 2 aromatic rings. The average molecular weight is 247 g/mol. The van der Waals surface area contributed by atoms with Crippen LogP contribution in [0.15, 0.2) is 22.7 Å². The summed E-state index contributed by atoms with van der Waals surface area (Å²) in [5.74, 6) is 1.96. The summed E-state index contributed by atoms with van der Waals surface area (Å²) in [5, 5.41) is 7.66. The molecule has 0 aliphatic carbocycles. The summed E-state index contributed by atoms with van der Waals surface area (Å²) in [5.41, 5.74) is 2.39. The summed E-state index contributed by atoms with van der Waals surface area (Å²) in [6.45, 7) is 8.85. The topological polar surface area (TPSA) is 43.0 Å². The lowest BCUT2D eigenvalue weighted by Gasteiger charge is -2.00. The Hall–Kier alpha value is -1.55. The molecule has 18 heavy (non-hydrogen) atoms. The van der Waals surface area contributed by atoms with E-state index in [1.54, 1.807) is 0 Å². The zero-order chi connectivity index (χ0) is 13.0. The molecule has 0 aliphatic heterocycles. The van der Waals surface area contributed by atoms with Crippen LogP contribution in [0.25, 0.3) is 0 Å². The minimum absolute atomic E-state index is 0.702. The molecule has 0 amide bonds. The molecule has 0 radical (unpaired) electrons. The monoisotopic (exact) mass is 247 g/mol. The van der Waals surface area contributed by atoms with Gasteiger partial charge in [0.1, 0.15) is 11.5 Å². The third kappa shape index (κ3) is 3.01. The molecule has 98 valence electrons. The first-order valence-corrected chi connectivity index (χ1v) is 6.48. The number of aromatic nitrogens is 2. The van der Waals surface area contributed by atoms with E-state index in [2.05, 4.69) is 23.4 Å². The van der Waals surface area contributed by atoms with Crippen molar-refractivity contribution in [2.45, 2.75) is 40.3 Å². The SMILES string of the molecule is CCCNCc1cc(Cn2nccc2C)oc1C. The predicted molar refractivity (Wildman–Crippen MR) is 71.5 cm³/mol. The molecule has 0 aliphatic rings. The Bertz CT molecular complexity index is 499. The molecule has 0 spiro atoms. The Morgan fingerprint density at radius 3 is 2.89 bits per heavy atom. The number of furan rings is 1. The smallest absolute Gasteiger partial charge is 0.125 e. The number of nitrogens with one attached hydrogen (secondary N) is 1. The van der Waals surface area contributed by atoms with Crippen molar-refractivity contribution < 1.29 is 4.42 Å². The van der Waals surface area contributed by atoms with Crippen molar-refractivity contribution >= 4 is 0 Å². The normalized spacial score (nSPS) is 11.1. The quantitative estimate of drug-likeness (QED) is 0.798. The van der Waals surface area contributed by atoms with Gasteiger partial charge in [0.15, 0.2) is 0 Å². The van der Waals surface area contributed by atoms with Crippen LogP contribution in [0.2, 0.25) is 0 Å². The summed E-state index contributed by atoms with van der Waals surface area (Å²) in [7, 11) is 0. The van der Waals surface area contributed by atoms with Crippen molar-refractivity contribution in [3.05, 3.63) is 41.1 Å². The van der Waals surface area contributed by atoms with Crippen LogP contribution in [0.5, 0.6) is 0 Å². The van der Waals surface area contributed by atoms with Gasteiger partial charge < -0.3 is 9.73 Å². The maximum Gasteiger partial charge on any atom is 0.125 e. The van der Waals surface area contributed by atoms with Crippen molar-refractivity contribution in [2.24, 2.45) is 0 Å². The molecule has 0 atom stereocenters. The Kier molecular flexibility index (Phi) is 4.20. The molecule has 0 fully saturated rings. The number of nitrogens with zero attached hydrogens (tertiary/aromatic N) is 2. The van der Waals surface area contributed by atoms with Crippen molar-refractivity contribution in [1.82, 2.24) is 15.1 Å². The third-order valence-corrected chi connectivity index (χ3v) is 3.05. The van der Waals surface area contributed by atoms with E-state index >= 15 is 0 Å². The largest absolute Gasteiger partial charge is 0.464 e. The van der Waals surface area contributed by atoms with Crippen LogP contribution >= 0.6 is 0 Å². The van der Waals surface area contributed by atoms with Gasteiger partial charge in [-0.1, -0.05) is 6.92 Å². The second-order valence-electron chi connectivity index (χ2n) is 4.60. The van der Waals surface area contributed by atoms with Gasteiger partial charge in [-0.15, -0.1) is 0 Å². The molecule has 2 heterocycles. The van der Waals surface area contributed by atoms with E-state index in [0.717, 1.165) is 36.7 Å². The van der Waals surface area contributed by atoms with Gasteiger partial charge >= 0.3 is 0 Å². The van der Waals surface area contributed by atoms with Gasteiger partial charge in [0, 0.05) is 24.0 Å². The van der Waals surface area contributed by atoms with E-state index in [0.29, 0.717) is 6.54 Å². The van der Waals surface area contributed by atoms with Gasteiger partial charge in [0.2, 0.25) is 0 Å². The molecule has 0 bridgehead atoms. The lowest BCUT2D eigenvalue weighted by Crippen LogP contribution is -2.13. The Labute approximate surface area is 108 Å². The second kappa shape index (κ2) is 5.87. The Balaban J connectivity index is 2.02. The van der Waals surface area contributed by atoms with Crippen molar-refractivity contribution in [2.75, 3.05) is 6.54 Å². The van der Waals surface area contributed by atoms with E-state index in [9.17, 15) is 0 Å². The molecule has 4 nitrogen and oxygen atoms in total. The van der Waals surface area contributed by atoms with Gasteiger partial charge in [-0.2, -0.15) is 5.10 Å². The standard InChI is InChI=1S/C14H21N3O/c1-4-6-15-9-13-8-14(18-12(13)3)10-17-11(2)5-7-16-17/h5,7-8,15H,4,6,9-10H2,1-3H3. The third-order valence-electron chi connectivity index (χ3n) is 3.05. The van der Waals surface area contributed by atoms with Crippen LogP contribution < -0.4 is 5.32 Å². The first-order valence-electron chi connectivity index (χ1n) is 6.48. The Morgan fingerprint density at radius 1 is 1.39 bits per heavy atom. The highest BCUT2D eigenvalue weighted by Crippen LogP contribution is 2.16. The lowest BCUT2D eigenvalue weighted by atomic mass is 10.2. The summed E-state index contributed by atoms with van der Waals surface area (Å²) in [4.78, 5) is 0. The van der Waals surface area contributed by atoms with Gasteiger partial charge in [0.25, 0.3) is 0 Å². The van der Waals surface area contributed by atoms with Crippen molar-refractivity contribution in [3.8, 4) is 0 Å². The first-order chi connectivity index (χ1) is 8.70. The fourth-order valence-corrected chi connectivity index (χ4v) is 1.95. The van der Waals surface area contributed by atoms with E-state index in [1.165, 1.54) is 5.56 Å². The Morgan fingerprint density at radius 2 is 2.22 bits per heavy atom. The maximum atomic E-state index is 5.77. The minimum Gasteiger partial charge on any atom is -0.464 e. The van der Waals surface area contributed by atoms with E-state index in [-0.39, 0.29) is 0 Å². The van der Waals surface area contributed by atoms with Crippen molar-refractivity contribution in [1.29, 1.82) is 0 Å². The molecule has 0 saturated heterocycles. The van der Waals surface area contributed by atoms with E-state index < -0.39 is 0 Å². The number of rotatable bonds is 6. The van der Waals surface area contributed by atoms with Crippen molar-refractivity contribution in [3.63, 3.8) is 0 Å². The highest BCUT2D eigenvalue weighted by atomic mass is 16.3. The lowest BCUT2D eigenvalue weighted by molar-refractivity contribution is 0.453. The molecule has 2 rings (SSSR count). The highest BCUT2D eigenvalue weighted by Gasteiger charge is 2.08. The highest BCUT2D eigenvalue weighted by molar-refractivity contribution is 5.21. The number of hydrogen-bond donors (Lipinski definition) is 1. The fourth-order valence-electron chi connectivity index (χ4n) is 1.95. The van der Waals surface area contributed by atoms with E-state index in [1.807, 2.05) is 30.8 Å².